The molecule has 0 aliphatic rings. The number of hydrogen-bond donors (Lipinski definition) is 1. The van der Waals surface area contributed by atoms with E-state index in [4.69, 9.17) is 4.52 Å². The molecule has 6 nitrogen and oxygen atoms in total. The normalized spacial score (nSPS) is 10.2. The molecule has 19 heavy (non-hydrogen) atoms. The summed E-state index contributed by atoms with van der Waals surface area (Å²) in [6, 6.07) is 3.97. The minimum Gasteiger partial charge on any atom is -0.360 e. The van der Waals surface area contributed by atoms with Gasteiger partial charge in [0.1, 0.15) is 11.6 Å². The minimum absolute atomic E-state index is 0.429. The standard InChI is InChI=1S/C13H15N5O/c1-3-10-11(7-14)13(18-17-12(10)4-2)15-8-9-5-6-16-19-9/h5-6H,3-4,8H2,1-2H3,(H,15,18). The smallest absolute Gasteiger partial charge is 0.167 e. The van der Waals surface area contributed by atoms with E-state index in [-0.39, 0.29) is 0 Å². The topological polar surface area (TPSA) is 87.6 Å². The van der Waals surface area contributed by atoms with Crippen LogP contribution in [0.15, 0.2) is 16.8 Å². The van der Waals surface area contributed by atoms with Crippen LogP contribution in [-0.2, 0) is 19.4 Å². The van der Waals surface area contributed by atoms with E-state index < -0.39 is 0 Å². The number of hydrogen-bond acceptors (Lipinski definition) is 6. The second kappa shape index (κ2) is 5.96. The number of aryl methyl sites for hydroxylation is 1. The molecule has 6 heteroatoms. The van der Waals surface area contributed by atoms with E-state index in [0.717, 1.165) is 24.1 Å². The highest BCUT2D eigenvalue weighted by Crippen LogP contribution is 2.20. The van der Waals surface area contributed by atoms with Gasteiger partial charge in [-0.15, -0.1) is 5.10 Å². The summed E-state index contributed by atoms with van der Waals surface area (Å²) in [5.41, 5.74) is 2.40. The van der Waals surface area contributed by atoms with E-state index in [2.05, 4.69) is 26.7 Å². The third-order valence-corrected chi connectivity index (χ3v) is 2.88. The summed E-state index contributed by atoms with van der Waals surface area (Å²) < 4.78 is 4.99. The largest absolute Gasteiger partial charge is 0.360 e. The number of nitrogens with one attached hydrogen (secondary N) is 1. The Labute approximate surface area is 111 Å². The Morgan fingerprint density at radius 2 is 2.16 bits per heavy atom. The molecule has 2 aromatic rings. The summed E-state index contributed by atoms with van der Waals surface area (Å²) in [4.78, 5) is 0. The average Bonchev–Trinajstić information content (AvgIpc) is 2.96. The number of anilines is 1. The molecule has 0 unspecified atom stereocenters. The number of nitriles is 1. The average molecular weight is 257 g/mol. The van der Waals surface area contributed by atoms with Crippen molar-refractivity contribution in [3.05, 3.63) is 34.8 Å². The van der Waals surface area contributed by atoms with Crippen LogP contribution in [-0.4, -0.2) is 15.4 Å². The zero-order chi connectivity index (χ0) is 13.7. The van der Waals surface area contributed by atoms with Crippen LogP contribution in [0.4, 0.5) is 5.82 Å². The van der Waals surface area contributed by atoms with Crippen molar-refractivity contribution in [3.63, 3.8) is 0 Å². The first-order valence-corrected chi connectivity index (χ1v) is 6.22. The zero-order valence-electron chi connectivity index (χ0n) is 11.0. The van der Waals surface area contributed by atoms with Crippen molar-refractivity contribution in [1.29, 1.82) is 5.26 Å². The molecule has 2 rings (SSSR count). The van der Waals surface area contributed by atoms with E-state index in [0.29, 0.717) is 23.7 Å². The van der Waals surface area contributed by atoms with Gasteiger partial charge in [0.25, 0.3) is 0 Å². The highest BCUT2D eigenvalue weighted by atomic mass is 16.5. The minimum atomic E-state index is 0.429. The second-order valence-electron chi connectivity index (χ2n) is 4.00. The van der Waals surface area contributed by atoms with E-state index in [1.165, 1.54) is 0 Å². The summed E-state index contributed by atoms with van der Waals surface area (Å²) in [6.45, 7) is 4.45. The van der Waals surface area contributed by atoms with Crippen molar-refractivity contribution in [2.24, 2.45) is 0 Å². The molecule has 2 heterocycles. The van der Waals surface area contributed by atoms with Crippen LogP contribution in [0.25, 0.3) is 0 Å². The molecule has 0 saturated heterocycles. The molecule has 0 bridgehead atoms. The number of rotatable bonds is 5. The molecule has 0 atom stereocenters. The van der Waals surface area contributed by atoms with Gasteiger partial charge in [-0.1, -0.05) is 19.0 Å². The van der Waals surface area contributed by atoms with Crippen molar-refractivity contribution >= 4 is 5.82 Å². The molecule has 0 spiro atoms. The Balaban J connectivity index is 2.28. The van der Waals surface area contributed by atoms with E-state index >= 15 is 0 Å². The van der Waals surface area contributed by atoms with Crippen LogP contribution in [0, 0.1) is 11.3 Å². The molecule has 2 aromatic heterocycles. The first kappa shape index (κ1) is 13.0. The lowest BCUT2D eigenvalue weighted by atomic mass is 10.0. The third-order valence-electron chi connectivity index (χ3n) is 2.88. The first-order valence-electron chi connectivity index (χ1n) is 6.22. The van der Waals surface area contributed by atoms with Gasteiger partial charge in [0.05, 0.1) is 18.4 Å². The maximum atomic E-state index is 9.31. The summed E-state index contributed by atoms with van der Waals surface area (Å²) in [5, 5.41) is 24.2. The lowest BCUT2D eigenvalue weighted by molar-refractivity contribution is 0.388. The molecule has 0 aromatic carbocycles. The predicted octanol–water partition coefficient (Wildman–Crippen LogP) is 2.07. The Morgan fingerprint density at radius 3 is 2.74 bits per heavy atom. The molecule has 1 N–H and O–H groups in total. The highest BCUT2D eigenvalue weighted by molar-refractivity contribution is 5.56. The van der Waals surface area contributed by atoms with E-state index in [1.54, 1.807) is 12.3 Å². The third kappa shape index (κ3) is 2.71. The highest BCUT2D eigenvalue weighted by Gasteiger charge is 2.14. The van der Waals surface area contributed by atoms with Crippen LogP contribution in [0.5, 0.6) is 0 Å². The van der Waals surface area contributed by atoms with Gasteiger partial charge in [0, 0.05) is 6.07 Å². The Kier molecular flexibility index (Phi) is 4.08. The summed E-state index contributed by atoms with van der Waals surface area (Å²) in [7, 11) is 0. The summed E-state index contributed by atoms with van der Waals surface area (Å²) in [5.74, 6) is 1.18. The SMILES string of the molecule is CCc1nnc(NCc2ccno2)c(C#N)c1CC. The number of nitrogens with zero attached hydrogens (tertiary/aromatic N) is 4. The van der Waals surface area contributed by atoms with Gasteiger partial charge in [0.2, 0.25) is 0 Å². The molecule has 0 fully saturated rings. The van der Waals surface area contributed by atoms with Crippen LogP contribution >= 0.6 is 0 Å². The molecule has 0 aliphatic heterocycles. The second-order valence-corrected chi connectivity index (χ2v) is 4.00. The zero-order valence-corrected chi connectivity index (χ0v) is 11.0. The van der Waals surface area contributed by atoms with Crippen molar-refractivity contribution in [1.82, 2.24) is 15.4 Å². The molecule has 0 amide bonds. The van der Waals surface area contributed by atoms with Gasteiger partial charge in [0.15, 0.2) is 11.6 Å². The monoisotopic (exact) mass is 257 g/mol. The van der Waals surface area contributed by atoms with Crippen molar-refractivity contribution in [3.8, 4) is 6.07 Å². The molecule has 0 aliphatic carbocycles. The lowest BCUT2D eigenvalue weighted by Gasteiger charge is -2.10. The Hall–Kier alpha value is -2.42. The molecule has 0 saturated carbocycles. The molecular weight excluding hydrogens is 242 g/mol. The van der Waals surface area contributed by atoms with E-state index in [1.807, 2.05) is 13.8 Å². The summed E-state index contributed by atoms with van der Waals surface area (Å²) in [6.07, 6.45) is 3.11. The fourth-order valence-corrected chi connectivity index (χ4v) is 1.92. The fraction of sp³-hybridized carbons (Fsp3) is 0.385. The Morgan fingerprint density at radius 1 is 1.32 bits per heavy atom. The lowest BCUT2D eigenvalue weighted by Crippen LogP contribution is -2.09. The van der Waals surface area contributed by atoms with Gasteiger partial charge in [-0.05, 0) is 18.4 Å². The molecule has 98 valence electrons. The van der Waals surface area contributed by atoms with Crippen LogP contribution in [0.1, 0.15) is 36.4 Å². The quantitative estimate of drug-likeness (QED) is 0.882. The molecule has 0 radical (unpaired) electrons. The predicted molar refractivity (Wildman–Crippen MR) is 69.3 cm³/mol. The van der Waals surface area contributed by atoms with Gasteiger partial charge < -0.3 is 9.84 Å². The first-order chi connectivity index (χ1) is 9.30. The molecular formula is C13H15N5O. The van der Waals surface area contributed by atoms with Gasteiger partial charge in [-0.3, -0.25) is 0 Å². The maximum absolute atomic E-state index is 9.31. The van der Waals surface area contributed by atoms with Crippen LogP contribution in [0.3, 0.4) is 0 Å². The van der Waals surface area contributed by atoms with Crippen LogP contribution < -0.4 is 5.32 Å². The van der Waals surface area contributed by atoms with Crippen molar-refractivity contribution in [2.75, 3.05) is 5.32 Å². The summed E-state index contributed by atoms with van der Waals surface area (Å²) >= 11 is 0. The van der Waals surface area contributed by atoms with Crippen molar-refractivity contribution < 1.29 is 4.52 Å². The van der Waals surface area contributed by atoms with Gasteiger partial charge in [-0.2, -0.15) is 10.4 Å². The van der Waals surface area contributed by atoms with Gasteiger partial charge in [-0.25, -0.2) is 0 Å². The number of aromatic nitrogens is 3. The Bertz CT molecular complexity index is 586. The maximum Gasteiger partial charge on any atom is 0.167 e. The van der Waals surface area contributed by atoms with E-state index in [9.17, 15) is 5.26 Å². The van der Waals surface area contributed by atoms with Crippen molar-refractivity contribution in [2.45, 2.75) is 33.2 Å². The fourth-order valence-electron chi connectivity index (χ4n) is 1.92. The van der Waals surface area contributed by atoms with Crippen LogP contribution in [0.2, 0.25) is 0 Å². The van der Waals surface area contributed by atoms with Gasteiger partial charge >= 0.3 is 0 Å².